The second kappa shape index (κ2) is 6.55. The number of carbonyl (C=O) groups excluding carboxylic acids is 1. The molecule has 148 valence electrons. The van der Waals surface area contributed by atoms with Crippen LogP contribution in [0.3, 0.4) is 0 Å². The third-order valence-corrected chi connectivity index (χ3v) is 5.68. The summed E-state index contributed by atoms with van der Waals surface area (Å²) in [6.07, 6.45) is 1.15. The van der Waals surface area contributed by atoms with Crippen LogP contribution in [0.4, 0.5) is 0 Å². The quantitative estimate of drug-likeness (QED) is 0.687. The lowest BCUT2D eigenvalue weighted by molar-refractivity contribution is -0.141. The highest BCUT2D eigenvalue weighted by molar-refractivity contribution is 6.18. The first-order valence-electron chi connectivity index (χ1n) is 9.44. The highest BCUT2D eigenvalue weighted by atomic mass is 16.7. The van der Waals surface area contributed by atoms with Crippen LogP contribution in [-0.2, 0) is 4.79 Å². The first kappa shape index (κ1) is 17.6. The molecule has 1 fully saturated rings. The number of benzene rings is 3. The maximum Gasteiger partial charge on any atom is 0.326 e. The monoisotopic (exact) mass is 393 g/mol. The first-order chi connectivity index (χ1) is 14.1. The molecule has 0 spiro atoms. The number of likely N-dealkylation sites (tertiary alicyclic amines) is 1. The number of methoxy groups -OCH3 is 1. The minimum absolute atomic E-state index is 0.159. The molecule has 7 nitrogen and oxygen atoms in total. The molecular weight excluding hydrogens is 374 g/mol. The minimum Gasteiger partial charge on any atom is -0.497 e. The molecule has 0 aromatic heterocycles. The Hall–Kier alpha value is -3.48. The zero-order chi connectivity index (χ0) is 20.1. The van der Waals surface area contributed by atoms with E-state index in [0.717, 1.165) is 21.5 Å². The maximum atomic E-state index is 13.4. The molecular formula is C22H19NO6. The van der Waals surface area contributed by atoms with Crippen LogP contribution in [0.1, 0.15) is 23.2 Å². The van der Waals surface area contributed by atoms with Gasteiger partial charge in [-0.25, -0.2) is 4.79 Å². The summed E-state index contributed by atoms with van der Waals surface area (Å²) in [7, 11) is 1.59. The fourth-order valence-corrected chi connectivity index (χ4v) is 4.25. The van der Waals surface area contributed by atoms with E-state index in [1.165, 1.54) is 4.90 Å². The summed E-state index contributed by atoms with van der Waals surface area (Å²) in [6, 6.07) is 10.3. The highest BCUT2D eigenvalue weighted by Crippen LogP contribution is 2.41. The zero-order valence-corrected chi connectivity index (χ0v) is 15.8. The van der Waals surface area contributed by atoms with Gasteiger partial charge in [0, 0.05) is 12.1 Å². The van der Waals surface area contributed by atoms with Gasteiger partial charge < -0.3 is 24.2 Å². The number of amides is 1. The average Bonchev–Trinajstić information content (AvgIpc) is 3.39. The Morgan fingerprint density at radius 2 is 1.86 bits per heavy atom. The Kier molecular flexibility index (Phi) is 3.97. The summed E-state index contributed by atoms with van der Waals surface area (Å²) >= 11 is 0. The van der Waals surface area contributed by atoms with E-state index in [2.05, 4.69) is 0 Å². The number of carboxylic acids is 1. The summed E-state index contributed by atoms with van der Waals surface area (Å²) in [4.78, 5) is 26.4. The predicted octanol–water partition coefficient (Wildman–Crippen LogP) is 3.42. The fraction of sp³-hybridized carbons (Fsp3) is 0.273. The summed E-state index contributed by atoms with van der Waals surface area (Å²) in [5.41, 5.74) is 0.474. The minimum atomic E-state index is -0.967. The van der Waals surface area contributed by atoms with Crippen molar-refractivity contribution in [3.05, 3.63) is 42.0 Å². The molecule has 1 amide bonds. The number of aliphatic carboxylic acids is 1. The molecule has 1 atom stereocenters. The van der Waals surface area contributed by atoms with Gasteiger partial charge in [-0.1, -0.05) is 0 Å². The van der Waals surface area contributed by atoms with Crippen molar-refractivity contribution in [1.82, 2.24) is 4.90 Å². The molecule has 1 saturated heterocycles. The van der Waals surface area contributed by atoms with Crippen molar-refractivity contribution >= 4 is 33.4 Å². The predicted molar refractivity (Wildman–Crippen MR) is 106 cm³/mol. The summed E-state index contributed by atoms with van der Waals surface area (Å²) in [5.74, 6) is 0.718. The van der Waals surface area contributed by atoms with Gasteiger partial charge in [-0.15, -0.1) is 0 Å². The van der Waals surface area contributed by atoms with Gasteiger partial charge in [0.1, 0.15) is 11.8 Å². The lowest BCUT2D eigenvalue weighted by Gasteiger charge is -2.23. The fourth-order valence-electron chi connectivity index (χ4n) is 4.25. The van der Waals surface area contributed by atoms with Gasteiger partial charge in [-0.05, 0) is 70.8 Å². The molecule has 5 rings (SSSR count). The van der Waals surface area contributed by atoms with Crippen molar-refractivity contribution in [3.63, 3.8) is 0 Å². The number of rotatable bonds is 3. The SMILES string of the molecule is COc1ccc2c(C(=O)N3CCC[C@H]3C(=O)O)cc3cc4c(cc3c2c1)OCO4. The van der Waals surface area contributed by atoms with Crippen molar-refractivity contribution in [2.24, 2.45) is 0 Å². The number of hydrogen-bond acceptors (Lipinski definition) is 5. The second-order valence-electron chi connectivity index (χ2n) is 7.26. The molecule has 3 aromatic carbocycles. The molecule has 0 aliphatic carbocycles. The molecule has 3 aromatic rings. The number of carbonyl (C=O) groups is 2. The van der Waals surface area contributed by atoms with Gasteiger partial charge in [-0.3, -0.25) is 4.79 Å². The number of fused-ring (bicyclic) bond motifs is 4. The van der Waals surface area contributed by atoms with E-state index in [0.29, 0.717) is 42.2 Å². The highest BCUT2D eigenvalue weighted by Gasteiger charge is 2.35. The van der Waals surface area contributed by atoms with Crippen LogP contribution in [-0.4, -0.2) is 48.4 Å². The summed E-state index contributed by atoms with van der Waals surface area (Å²) in [5, 5.41) is 12.8. The maximum absolute atomic E-state index is 13.4. The summed E-state index contributed by atoms with van der Waals surface area (Å²) in [6.45, 7) is 0.597. The van der Waals surface area contributed by atoms with Gasteiger partial charge in [0.05, 0.1) is 7.11 Å². The Bertz CT molecular complexity index is 1170. The number of ether oxygens (including phenoxy) is 3. The summed E-state index contributed by atoms with van der Waals surface area (Å²) < 4.78 is 16.4. The Labute approximate surface area is 166 Å². The third kappa shape index (κ3) is 2.73. The standard InChI is InChI=1S/C22H19NO6/c1-27-13-4-5-14-16(9-13)15-10-20-19(28-11-29-20)8-12(15)7-17(14)21(24)23-6-2-3-18(23)22(25)26/h4-5,7-10,18H,2-3,6,11H2,1H3,(H,25,26)/t18-/m0/s1. The molecule has 2 aliphatic heterocycles. The molecule has 1 N–H and O–H groups in total. The van der Waals surface area contributed by atoms with Crippen LogP contribution in [0.25, 0.3) is 21.5 Å². The molecule has 29 heavy (non-hydrogen) atoms. The smallest absolute Gasteiger partial charge is 0.326 e. The van der Waals surface area contributed by atoms with E-state index in [4.69, 9.17) is 14.2 Å². The Morgan fingerprint density at radius 1 is 1.07 bits per heavy atom. The van der Waals surface area contributed by atoms with E-state index in [9.17, 15) is 14.7 Å². The normalized spacial score (nSPS) is 17.8. The van der Waals surface area contributed by atoms with Crippen LogP contribution in [0.2, 0.25) is 0 Å². The number of carboxylic acid groups (broad SMARTS) is 1. The molecule has 0 unspecified atom stereocenters. The van der Waals surface area contributed by atoms with Gasteiger partial charge in [0.15, 0.2) is 11.5 Å². The van der Waals surface area contributed by atoms with Gasteiger partial charge in [0.2, 0.25) is 6.79 Å². The van der Waals surface area contributed by atoms with Crippen LogP contribution < -0.4 is 14.2 Å². The molecule has 2 aliphatic rings. The Balaban J connectivity index is 1.75. The van der Waals surface area contributed by atoms with Crippen LogP contribution in [0.5, 0.6) is 17.2 Å². The van der Waals surface area contributed by atoms with Crippen LogP contribution in [0.15, 0.2) is 36.4 Å². The number of nitrogens with zero attached hydrogens (tertiary/aromatic N) is 1. The van der Waals surface area contributed by atoms with E-state index < -0.39 is 12.0 Å². The third-order valence-electron chi connectivity index (χ3n) is 5.68. The van der Waals surface area contributed by atoms with E-state index >= 15 is 0 Å². The molecule has 2 heterocycles. The van der Waals surface area contributed by atoms with E-state index in [1.54, 1.807) is 13.2 Å². The molecule has 7 heteroatoms. The lowest BCUT2D eigenvalue weighted by atomic mass is 9.95. The van der Waals surface area contributed by atoms with Gasteiger partial charge >= 0.3 is 5.97 Å². The number of hydrogen-bond donors (Lipinski definition) is 1. The largest absolute Gasteiger partial charge is 0.497 e. The van der Waals surface area contributed by atoms with E-state index in [1.807, 2.05) is 30.3 Å². The first-order valence-corrected chi connectivity index (χ1v) is 9.44. The molecule has 0 saturated carbocycles. The van der Waals surface area contributed by atoms with Crippen LogP contribution >= 0.6 is 0 Å². The van der Waals surface area contributed by atoms with Crippen molar-refractivity contribution in [1.29, 1.82) is 0 Å². The van der Waals surface area contributed by atoms with Crippen molar-refractivity contribution in [3.8, 4) is 17.2 Å². The molecule has 0 bridgehead atoms. The van der Waals surface area contributed by atoms with Crippen molar-refractivity contribution in [2.75, 3.05) is 20.4 Å². The van der Waals surface area contributed by atoms with Crippen molar-refractivity contribution < 1.29 is 28.9 Å². The Morgan fingerprint density at radius 3 is 2.62 bits per heavy atom. The zero-order valence-electron chi connectivity index (χ0n) is 15.8. The van der Waals surface area contributed by atoms with Gasteiger partial charge in [-0.2, -0.15) is 0 Å². The van der Waals surface area contributed by atoms with Crippen LogP contribution in [0, 0.1) is 0 Å². The molecule has 0 radical (unpaired) electrons. The van der Waals surface area contributed by atoms with E-state index in [-0.39, 0.29) is 12.7 Å². The average molecular weight is 393 g/mol. The lowest BCUT2D eigenvalue weighted by Crippen LogP contribution is -2.40. The topological polar surface area (TPSA) is 85.3 Å². The van der Waals surface area contributed by atoms with Gasteiger partial charge in [0.25, 0.3) is 5.91 Å². The second-order valence-corrected chi connectivity index (χ2v) is 7.26. The van der Waals surface area contributed by atoms with Crippen molar-refractivity contribution in [2.45, 2.75) is 18.9 Å².